The molecule has 2 aliphatic rings. The molecule has 0 atom stereocenters. The lowest BCUT2D eigenvalue weighted by Gasteiger charge is -2.15. The molecule has 164 valence electrons. The quantitative estimate of drug-likeness (QED) is 0.342. The number of rotatable bonds is 3. The minimum absolute atomic E-state index is 0.299. The molecule has 0 saturated carbocycles. The van der Waals surface area contributed by atoms with E-state index in [0.717, 1.165) is 50.3 Å². The number of hydrogen-bond acceptors (Lipinski definition) is 3. The molecule has 0 radical (unpaired) electrons. The monoisotopic (exact) mass is 445 g/mol. The maximum atomic E-state index is 13.9. The number of allylic oxidation sites excluding steroid dienone is 5. The van der Waals surface area contributed by atoms with Gasteiger partial charge in [-0.25, -0.2) is 9.37 Å². The van der Waals surface area contributed by atoms with E-state index in [4.69, 9.17) is 9.72 Å². The summed E-state index contributed by atoms with van der Waals surface area (Å²) >= 11 is 0. The third-order valence-corrected chi connectivity index (χ3v) is 6.38. The highest BCUT2D eigenvalue weighted by molar-refractivity contribution is 5.88. The zero-order chi connectivity index (χ0) is 23.2. The second-order valence-corrected chi connectivity index (χ2v) is 8.52. The molecule has 3 aromatic carbocycles. The molecule has 1 aliphatic heterocycles. The van der Waals surface area contributed by atoms with Crippen LogP contribution in [0.25, 0.3) is 22.2 Å². The molecule has 1 aromatic heterocycles. The molecule has 0 saturated heterocycles. The van der Waals surface area contributed by atoms with Gasteiger partial charge in [-0.15, -0.1) is 0 Å². The summed E-state index contributed by atoms with van der Waals surface area (Å²) in [6.45, 7) is 2.73. The number of benzene rings is 3. The second kappa shape index (κ2) is 7.86. The van der Waals surface area contributed by atoms with Gasteiger partial charge in [0.05, 0.1) is 17.1 Å². The van der Waals surface area contributed by atoms with Gasteiger partial charge in [-0.05, 0) is 53.9 Å². The smallest absolute Gasteiger partial charge is 0.141 e. The van der Waals surface area contributed by atoms with Gasteiger partial charge < -0.3 is 9.30 Å². The van der Waals surface area contributed by atoms with E-state index < -0.39 is 0 Å². The minimum Gasteiger partial charge on any atom is -0.488 e. The number of nitrogens with zero attached hydrogens (tertiary/aromatic N) is 3. The molecule has 0 fully saturated rings. The number of halogens is 1. The van der Waals surface area contributed by atoms with Gasteiger partial charge in [0.2, 0.25) is 0 Å². The van der Waals surface area contributed by atoms with Crippen molar-refractivity contribution < 1.29 is 9.13 Å². The van der Waals surface area contributed by atoms with E-state index >= 15 is 0 Å². The highest BCUT2D eigenvalue weighted by atomic mass is 19.1. The van der Waals surface area contributed by atoms with Crippen molar-refractivity contribution in [1.29, 1.82) is 5.26 Å². The van der Waals surface area contributed by atoms with E-state index in [2.05, 4.69) is 41.0 Å². The Morgan fingerprint density at radius 2 is 1.94 bits per heavy atom. The van der Waals surface area contributed by atoms with Crippen molar-refractivity contribution in [3.63, 3.8) is 0 Å². The van der Waals surface area contributed by atoms with Crippen molar-refractivity contribution in [3.8, 4) is 11.8 Å². The van der Waals surface area contributed by atoms with Gasteiger partial charge in [-0.2, -0.15) is 5.26 Å². The van der Waals surface area contributed by atoms with Crippen LogP contribution in [0.5, 0.6) is 5.75 Å². The first-order chi connectivity index (χ1) is 16.6. The fraction of sp³-hybridized carbons (Fsp3) is 0.103. The van der Waals surface area contributed by atoms with Crippen LogP contribution in [-0.4, -0.2) is 9.55 Å². The van der Waals surface area contributed by atoms with Gasteiger partial charge in [-0.1, -0.05) is 42.5 Å². The molecule has 4 aromatic rings. The van der Waals surface area contributed by atoms with Crippen molar-refractivity contribution >= 4 is 22.2 Å². The molecule has 0 spiro atoms. The first kappa shape index (κ1) is 20.2. The summed E-state index contributed by atoms with van der Waals surface area (Å²) in [7, 11) is 0. The predicted octanol–water partition coefficient (Wildman–Crippen LogP) is 6.41. The molecule has 0 N–H and O–H groups in total. The van der Waals surface area contributed by atoms with Crippen molar-refractivity contribution in [2.45, 2.75) is 20.1 Å². The number of hydrogen-bond donors (Lipinski definition) is 0. The van der Waals surface area contributed by atoms with Crippen molar-refractivity contribution in [1.82, 2.24) is 9.55 Å². The van der Waals surface area contributed by atoms with E-state index in [1.807, 2.05) is 30.3 Å². The Hall–Kier alpha value is -4.43. The van der Waals surface area contributed by atoms with Crippen LogP contribution >= 0.6 is 0 Å². The number of nitriles is 1. The number of ether oxygens (including phenoxy) is 1. The summed E-state index contributed by atoms with van der Waals surface area (Å²) in [5.74, 6) is 1.03. The summed E-state index contributed by atoms with van der Waals surface area (Å²) in [5, 5.41) is 9.68. The van der Waals surface area contributed by atoms with Crippen LogP contribution in [0.15, 0.2) is 84.5 Å². The third-order valence-electron chi connectivity index (χ3n) is 6.38. The van der Waals surface area contributed by atoms with Crippen LogP contribution in [-0.2, 0) is 13.2 Å². The highest BCUT2D eigenvalue weighted by Crippen LogP contribution is 2.39. The topological polar surface area (TPSA) is 50.8 Å². The summed E-state index contributed by atoms with van der Waals surface area (Å²) in [5.41, 5.74) is 8.25. The minimum atomic E-state index is -0.363. The molecule has 0 unspecified atom stereocenters. The van der Waals surface area contributed by atoms with Gasteiger partial charge >= 0.3 is 0 Å². The first-order valence-corrected chi connectivity index (χ1v) is 11.1. The second-order valence-electron chi connectivity index (χ2n) is 8.52. The molecule has 0 amide bonds. The van der Waals surface area contributed by atoms with Gasteiger partial charge in [0.15, 0.2) is 0 Å². The molecular formula is C29H20FN3O. The summed E-state index contributed by atoms with van der Waals surface area (Å²) in [6, 6.07) is 21.1. The number of aromatic nitrogens is 2. The predicted molar refractivity (Wildman–Crippen MR) is 130 cm³/mol. The normalized spacial score (nSPS) is 15.4. The number of imidazole rings is 1. The van der Waals surface area contributed by atoms with Crippen molar-refractivity contribution in [3.05, 3.63) is 118 Å². The van der Waals surface area contributed by atoms with Gasteiger partial charge in [0.25, 0.3) is 0 Å². The molecular weight excluding hydrogens is 425 g/mol. The Kier molecular flexibility index (Phi) is 4.67. The molecule has 4 nitrogen and oxygen atoms in total. The fourth-order valence-corrected chi connectivity index (χ4v) is 4.67. The van der Waals surface area contributed by atoms with Gasteiger partial charge in [0.1, 0.15) is 24.0 Å². The molecule has 5 heteroatoms. The maximum Gasteiger partial charge on any atom is 0.141 e. The van der Waals surface area contributed by atoms with Crippen LogP contribution < -0.4 is 4.74 Å². The van der Waals surface area contributed by atoms with E-state index in [0.29, 0.717) is 24.5 Å². The van der Waals surface area contributed by atoms with E-state index in [9.17, 15) is 9.65 Å². The average Bonchev–Trinajstić information content (AvgIpc) is 3.07. The van der Waals surface area contributed by atoms with Crippen molar-refractivity contribution in [2.75, 3.05) is 0 Å². The van der Waals surface area contributed by atoms with E-state index in [1.54, 1.807) is 13.0 Å². The van der Waals surface area contributed by atoms with Crippen LogP contribution in [0.1, 0.15) is 35.0 Å². The molecule has 34 heavy (non-hydrogen) atoms. The van der Waals surface area contributed by atoms with Crippen LogP contribution in [0.4, 0.5) is 4.39 Å². The Morgan fingerprint density at radius 1 is 1.12 bits per heavy atom. The molecule has 2 heterocycles. The van der Waals surface area contributed by atoms with E-state index in [-0.39, 0.29) is 5.82 Å². The Bertz CT molecular complexity index is 1610. The van der Waals surface area contributed by atoms with Crippen LogP contribution in [0, 0.1) is 17.1 Å². The molecule has 1 aliphatic carbocycles. The zero-order valence-corrected chi connectivity index (χ0v) is 18.5. The largest absolute Gasteiger partial charge is 0.488 e. The number of fused-ring (bicyclic) bond motifs is 3. The van der Waals surface area contributed by atoms with Gasteiger partial charge in [-0.3, -0.25) is 0 Å². The standard InChI is InChI=1S/C29H20FN3O/c1-18(15-31)28-23-11-9-19(13-21(23)17-34-27-14-22(30)10-12-24(27)28)16-33-26-8-3-2-7-25(26)32-29(33)20-5-4-6-20/h2-14H,16-17H2,1H3/b28-18-. The average molecular weight is 445 g/mol. The zero-order valence-electron chi connectivity index (χ0n) is 18.5. The maximum absolute atomic E-state index is 13.9. The highest BCUT2D eigenvalue weighted by Gasteiger charge is 2.23. The van der Waals surface area contributed by atoms with Crippen LogP contribution in [0.3, 0.4) is 0 Å². The van der Waals surface area contributed by atoms with Crippen molar-refractivity contribution in [2.24, 2.45) is 0 Å². The van der Waals surface area contributed by atoms with Gasteiger partial charge in [0, 0.05) is 34.9 Å². The van der Waals surface area contributed by atoms with E-state index in [1.165, 1.54) is 12.1 Å². The Labute approximate surface area is 196 Å². The molecule has 6 rings (SSSR count). The lowest BCUT2D eigenvalue weighted by atomic mass is 9.90. The fourth-order valence-electron chi connectivity index (χ4n) is 4.67. The SMILES string of the molecule is C/C(C#N)=C1\c2ccc(Cn3c(C4=CC=C4)nc4ccccc43)cc2COc2cc(F)ccc21. The Balaban J connectivity index is 1.45. The first-order valence-electron chi connectivity index (χ1n) is 11.1. The summed E-state index contributed by atoms with van der Waals surface area (Å²) < 4.78 is 22.2. The third kappa shape index (κ3) is 3.23. The Morgan fingerprint density at radius 3 is 2.74 bits per heavy atom. The summed E-state index contributed by atoms with van der Waals surface area (Å²) in [4.78, 5) is 4.85. The lowest BCUT2D eigenvalue weighted by molar-refractivity contribution is 0.305. The lowest BCUT2D eigenvalue weighted by Crippen LogP contribution is -2.07. The van der Waals surface area contributed by atoms with Crippen LogP contribution in [0.2, 0.25) is 0 Å². The number of para-hydroxylation sites is 2. The molecule has 0 bridgehead atoms. The summed E-state index contributed by atoms with van der Waals surface area (Å²) in [6.07, 6.45) is 6.16.